The van der Waals surface area contributed by atoms with Crippen LogP contribution in [0.15, 0.2) is 46.3 Å². The van der Waals surface area contributed by atoms with E-state index in [9.17, 15) is 9.90 Å². The van der Waals surface area contributed by atoms with Crippen molar-refractivity contribution in [2.75, 3.05) is 6.61 Å². The highest BCUT2D eigenvalue weighted by atomic mass is 35.5. The van der Waals surface area contributed by atoms with Gasteiger partial charge in [-0.3, -0.25) is 0 Å². The minimum Gasteiger partial charge on any atom is -0.505 e. The summed E-state index contributed by atoms with van der Waals surface area (Å²) >= 11 is 12.2. The summed E-state index contributed by atoms with van der Waals surface area (Å²) in [5, 5.41) is 11.5. The summed E-state index contributed by atoms with van der Waals surface area (Å²) < 4.78 is 7.03. The second kappa shape index (κ2) is 7.86. The first-order chi connectivity index (χ1) is 13.2. The van der Waals surface area contributed by atoms with Crippen LogP contribution in [0.3, 0.4) is 0 Å². The molecule has 28 heavy (non-hydrogen) atoms. The Bertz CT molecular complexity index is 1060. The van der Waals surface area contributed by atoms with E-state index in [0.29, 0.717) is 21.5 Å². The maximum atomic E-state index is 12.1. The smallest absolute Gasteiger partial charge is 0.343 e. The van der Waals surface area contributed by atoms with Crippen molar-refractivity contribution in [2.24, 2.45) is 4.99 Å². The quantitative estimate of drug-likeness (QED) is 0.657. The van der Waals surface area contributed by atoms with Crippen LogP contribution in [0.5, 0.6) is 0 Å². The molecule has 0 spiro atoms. The molecule has 2 aromatic rings. The Morgan fingerprint density at radius 3 is 2.57 bits per heavy atom. The summed E-state index contributed by atoms with van der Waals surface area (Å²) in [6, 6.07) is 7.42. The van der Waals surface area contributed by atoms with E-state index in [2.05, 4.69) is 4.99 Å². The number of rotatable bonds is 4. The molecule has 1 aromatic carbocycles. The van der Waals surface area contributed by atoms with Crippen LogP contribution in [0.1, 0.15) is 30.8 Å². The molecule has 2 heterocycles. The second-order valence-electron chi connectivity index (χ2n) is 6.43. The maximum absolute atomic E-state index is 12.1. The van der Waals surface area contributed by atoms with E-state index in [-0.39, 0.29) is 17.9 Å². The molecular formula is C21H20Cl2N2O3. The van der Waals surface area contributed by atoms with E-state index in [1.54, 1.807) is 32.1 Å². The van der Waals surface area contributed by atoms with Crippen molar-refractivity contribution in [1.82, 2.24) is 4.57 Å². The van der Waals surface area contributed by atoms with Gasteiger partial charge < -0.3 is 14.4 Å². The number of halogens is 2. The monoisotopic (exact) mass is 418 g/mol. The summed E-state index contributed by atoms with van der Waals surface area (Å²) in [5.74, 6) is -0.749. The van der Waals surface area contributed by atoms with E-state index < -0.39 is 5.97 Å². The van der Waals surface area contributed by atoms with Gasteiger partial charge in [-0.05, 0) is 63.6 Å². The third-order valence-electron chi connectivity index (χ3n) is 4.53. The molecule has 3 rings (SSSR count). The van der Waals surface area contributed by atoms with Crippen molar-refractivity contribution < 1.29 is 14.6 Å². The van der Waals surface area contributed by atoms with Crippen LogP contribution >= 0.6 is 23.2 Å². The molecule has 1 aliphatic heterocycles. The van der Waals surface area contributed by atoms with Crippen molar-refractivity contribution >= 4 is 41.0 Å². The van der Waals surface area contributed by atoms with E-state index in [0.717, 1.165) is 22.6 Å². The molecule has 0 bridgehead atoms. The molecule has 1 N–H and O–H groups in total. The number of aromatic nitrogens is 1. The Morgan fingerprint density at radius 2 is 1.93 bits per heavy atom. The summed E-state index contributed by atoms with van der Waals surface area (Å²) in [6.45, 7) is 7.54. The third-order valence-corrected chi connectivity index (χ3v) is 5.27. The number of aliphatic hydroxyl groups is 1. The summed E-state index contributed by atoms with van der Waals surface area (Å²) in [4.78, 5) is 16.4. The van der Waals surface area contributed by atoms with Gasteiger partial charge in [-0.15, -0.1) is 0 Å². The van der Waals surface area contributed by atoms with Crippen molar-refractivity contribution in [3.8, 4) is 5.69 Å². The molecule has 0 saturated heterocycles. The van der Waals surface area contributed by atoms with Crippen LogP contribution in [0.25, 0.3) is 11.8 Å². The molecule has 0 amide bonds. The van der Waals surface area contributed by atoms with Gasteiger partial charge in [-0.25, -0.2) is 9.79 Å². The highest BCUT2D eigenvalue weighted by Gasteiger charge is 2.28. The van der Waals surface area contributed by atoms with Gasteiger partial charge in [-0.2, -0.15) is 0 Å². The molecule has 0 unspecified atom stereocenters. The highest BCUT2D eigenvalue weighted by Crippen LogP contribution is 2.31. The fourth-order valence-corrected chi connectivity index (χ4v) is 3.53. The zero-order valence-corrected chi connectivity index (χ0v) is 17.5. The lowest BCUT2D eigenvalue weighted by Gasteiger charge is -2.10. The first kappa shape index (κ1) is 20.2. The van der Waals surface area contributed by atoms with Crippen molar-refractivity contribution in [1.29, 1.82) is 0 Å². The minimum absolute atomic E-state index is 0.103. The largest absolute Gasteiger partial charge is 0.505 e. The van der Waals surface area contributed by atoms with Gasteiger partial charge in [0, 0.05) is 17.1 Å². The molecule has 0 radical (unpaired) electrons. The zero-order chi connectivity index (χ0) is 20.6. The van der Waals surface area contributed by atoms with Gasteiger partial charge in [0.25, 0.3) is 0 Å². The Hall–Kier alpha value is -2.50. The van der Waals surface area contributed by atoms with E-state index in [4.69, 9.17) is 27.9 Å². The number of esters is 1. The molecule has 7 heteroatoms. The topological polar surface area (TPSA) is 63.8 Å². The Balaban J connectivity index is 2.05. The first-order valence-electron chi connectivity index (χ1n) is 8.77. The van der Waals surface area contributed by atoms with E-state index in [1.165, 1.54) is 0 Å². The normalized spacial score (nSPS) is 15.4. The number of carbonyl (C=O) groups excluding carboxylic acids is 1. The molecular weight excluding hydrogens is 399 g/mol. The van der Waals surface area contributed by atoms with Crippen LogP contribution < -0.4 is 0 Å². The van der Waals surface area contributed by atoms with E-state index >= 15 is 0 Å². The molecule has 146 valence electrons. The Kier molecular flexibility index (Phi) is 5.68. The molecule has 1 aliphatic rings. The molecule has 0 atom stereocenters. The van der Waals surface area contributed by atoms with Gasteiger partial charge >= 0.3 is 5.97 Å². The Morgan fingerprint density at radius 1 is 1.21 bits per heavy atom. The second-order valence-corrected chi connectivity index (χ2v) is 7.25. The van der Waals surface area contributed by atoms with Gasteiger partial charge in [0.1, 0.15) is 11.3 Å². The van der Waals surface area contributed by atoms with Crippen LogP contribution in [-0.4, -0.2) is 28.0 Å². The first-order valence-corrected chi connectivity index (χ1v) is 9.52. The third kappa shape index (κ3) is 3.60. The number of aliphatic imine (C=N–C) groups is 1. The molecule has 0 saturated carbocycles. The predicted octanol–water partition coefficient (Wildman–Crippen LogP) is 5.59. The maximum Gasteiger partial charge on any atom is 0.343 e. The number of aliphatic hydroxyl groups excluding tert-OH is 1. The van der Waals surface area contributed by atoms with Gasteiger partial charge in [0.15, 0.2) is 5.76 Å². The standard InChI is InChI=1S/C21H20Cl2N2O3/c1-5-28-21(27)19-12(3)24-18(20(19)26)9-14-8-11(2)25(13(14)4)15-6-7-16(22)17(23)10-15/h6-10,26H,5H2,1-4H3. The number of ether oxygens (including phenoxy) is 1. The van der Waals surface area contributed by atoms with Crippen molar-refractivity contribution in [3.05, 3.63) is 68.3 Å². The number of carbonyl (C=O) groups is 1. The van der Waals surface area contributed by atoms with Crippen LogP contribution in [0, 0.1) is 13.8 Å². The van der Waals surface area contributed by atoms with Gasteiger partial charge in [0.2, 0.25) is 0 Å². The van der Waals surface area contributed by atoms with Gasteiger partial charge in [-0.1, -0.05) is 23.2 Å². The van der Waals surface area contributed by atoms with Gasteiger partial charge in [0.05, 0.1) is 22.4 Å². The predicted molar refractivity (Wildman–Crippen MR) is 113 cm³/mol. The molecule has 5 nitrogen and oxygen atoms in total. The Labute approximate surface area is 173 Å². The minimum atomic E-state index is -0.578. The molecule has 0 aliphatic carbocycles. The van der Waals surface area contributed by atoms with Crippen molar-refractivity contribution in [2.45, 2.75) is 27.7 Å². The zero-order valence-electron chi connectivity index (χ0n) is 16.0. The SMILES string of the molecule is CCOC(=O)C1=C(O)C(=Cc2cc(C)n(-c3ccc(Cl)c(Cl)c3)c2C)N=C1C. The number of hydrogen-bond donors (Lipinski definition) is 1. The average Bonchev–Trinajstić information content (AvgIpc) is 3.06. The highest BCUT2D eigenvalue weighted by molar-refractivity contribution is 6.42. The fourth-order valence-electron chi connectivity index (χ4n) is 3.24. The summed E-state index contributed by atoms with van der Waals surface area (Å²) in [7, 11) is 0. The molecule has 0 fully saturated rings. The summed E-state index contributed by atoms with van der Waals surface area (Å²) in [6.07, 6.45) is 1.75. The lowest BCUT2D eigenvalue weighted by atomic mass is 10.1. The summed E-state index contributed by atoms with van der Waals surface area (Å²) in [5.41, 5.74) is 4.53. The lowest BCUT2D eigenvalue weighted by Crippen LogP contribution is -2.13. The van der Waals surface area contributed by atoms with Crippen LogP contribution in [0.2, 0.25) is 10.0 Å². The van der Waals surface area contributed by atoms with E-state index in [1.807, 2.05) is 30.5 Å². The molecule has 1 aromatic heterocycles. The number of aryl methyl sites for hydroxylation is 1. The fraction of sp³-hybridized carbons (Fsp3) is 0.238. The number of hydrogen-bond acceptors (Lipinski definition) is 4. The average molecular weight is 419 g/mol. The number of benzene rings is 1. The van der Waals surface area contributed by atoms with Crippen LogP contribution in [0.4, 0.5) is 0 Å². The van der Waals surface area contributed by atoms with Crippen molar-refractivity contribution in [3.63, 3.8) is 0 Å². The lowest BCUT2D eigenvalue weighted by molar-refractivity contribution is -0.138. The van der Waals surface area contributed by atoms with Crippen LogP contribution in [-0.2, 0) is 9.53 Å². The number of nitrogens with zero attached hydrogens (tertiary/aromatic N) is 2.